The second-order valence-electron chi connectivity index (χ2n) is 4.66. The van der Waals surface area contributed by atoms with Gasteiger partial charge in [0, 0.05) is 6.54 Å². The number of nitrogens with one attached hydrogen (secondary N) is 1. The van der Waals surface area contributed by atoms with Gasteiger partial charge in [0.2, 0.25) is 5.91 Å². The molecule has 0 aromatic rings. The van der Waals surface area contributed by atoms with E-state index >= 15 is 0 Å². The molecule has 3 N–H and O–H groups in total. The molecule has 0 aliphatic heterocycles. The highest BCUT2D eigenvalue weighted by Crippen LogP contribution is 2.49. The molecule has 1 aliphatic carbocycles. The Hall–Kier alpha value is -0.780. The molecule has 1 fully saturated rings. The van der Waals surface area contributed by atoms with Gasteiger partial charge in [-0.15, -0.1) is 0 Å². The minimum atomic E-state index is -4.36. The molecule has 0 bridgehead atoms. The van der Waals surface area contributed by atoms with E-state index in [4.69, 9.17) is 5.73 Å². The minimum absolute atomic E-state index is 0.0301. The van der Waals surface area contributed by atoms with Crippen LogP contribution in [0.3, 0.4) is 0 Å². The van der Waals surface area contributed by atoms with Gasteiger partial charge in [-0.2, -0.15) is 13.2 Å². The molecule has 1 saturated carbocycles. The van der Waals surface area contributed by atoms with Crippen molar-refractivity contribution in [2.75, 3.05) is 6.54 Å². The van der Waals surface area contributed by atoms with Gasteiger partial charge in [-0.3, -0.25) is 4.79 Å². The first-order valence-corrected chi connectivity index (χ1v) is 5.32. The van der Waals surface area contributed by atoms with E-state index in [1.54, 1.807) is 13.8 Å². The Balaban J connectivity index is 2.65. The molecule has 0 spiro atoms. The maximum atomic E-state index is 12.6. The lowest BCUT2D eigenvalue weighted by Gasteiger charge is -2.25. The van der Waals surface area contributed by atoms with Crippen LogP contribution in [-0.2, 0) is 4.79 Å². The second-order valence-corrected chi connectivity index (χ2v) is 4.66. The average molecular weight is 238 g/mol. The normalized spacial score (nSPS) is 20.7. The van der Waals surface area contributed by atoms with Crippen LogP contribution in [0.5, 0.6) is 0 Å². The topological polar surface area (TPSA) is 55.1 Å². The molecule has 1 rings (SSSR count). The van der Waals surface area contributed by atoms with Gasteiger partial charge in [-0.05, 0) is 18.8 Å². The van der Waals surface area contributed by atoms with Crippen LogP contribution in [0.15, 0.2) is 0 Å². The van der Waals surface area contributed by atoms with E-state index in [2.05, 4.69) is 5.32 Å². The van der Waals surface area contributed by atoms with E-state index in [1.165, 1.54) is 0 Å². The van der Waals surface area contributed by atoms with Crippen LogP contribution < -0.4 is 11.1 Å². The summed E-state index contributed by atoms with van der Waals surface area (Å²) in [6, 6.07) is 0. The molecule has 1 unspecified atom stereocenters. The fourth-order valence-electron chi connectivity index (χ4n) is 1.61. The van der Waals surface area contributed by atoms with Crippen molar-refractivity contribution in [1.82, 2.24) is 5.32 Å². The second kappa shape index (κ2) is 4.24. The van der Waals surface area contributed by atoms with Crippen LogP contribution in [0.25, 0.3) is 0 Å². The largest absolute Gasteiger partial charge is 0.411 e. The van der Waals surface area contributed by atoms with Gasteiger partial charge in [-0.1, -0.05) is 13.8 Å². The van der Waals surface area contributed by atoms with Gasteiger partial charge in [0.15, 0.2) is 0 Å². The monoisotopic (exact) mass is 238 g/mol. The van der Waals surface area contributed by atoms with E-state index in [9.17, 15) is 18.0 Å². The zero-order chi connectivity index (χ0) is 12.6. The SMILES string of the molecule is CC(C)C(CN)C(=O)NC1(C(F)(F)F)CC1. The highest BCUT2D eigenvalue weighted by Gasteiger charge is 2.64. The number of carbonyl (C=O) groups excluding carboxylic acids is 1. The molecule has 3 nitrogen and oxygen atoms in total. The van der Waals surface area contributed by atoms with E-state index in [-0.39, 0.29) is 25.3 Å². The van der Waals surface area contributed by atoms with E-state index in [0.717, 1.165) is 0 Å². The Bertz CT molecular complexity index is 272. The lowest BCUT2D eigenvalue weighted by Crippen LogP contribution is -2.51. The predicted octanol–water partition coefficient (Wildman–Crippen LogP) is 1.43. The summed E-state index contributed by atoms with van der Waals surface area (Å²) in [7, 11) is 0. The summed E-state index contributed by atoms with van der Waals surface area (Å²) in [4.78, 5) is 11.6. The Morgan fingerprint density at radius 3 is 2.19 bits per heavy atom. The molecule has 0 aromatic heterocycles. The summed E-state index contributed by atoms with van der Waals surface area (Å²) in [5.41, 5.74) is 3.40. The molecule has 6 heteroatoms. The third kappa shape index (κ3) is 2.48. The van der Waals surface area contributed by atoms with Crippen LogP contribution >= 0.6 is 0 Å². The Morgan fingerprint density at radius 1 is 1.44 bits per heavy atom. The van der Waals surface area contributed by atoms with Crippen LogP contribution in [0.1, 0.15) is 26.7 Å². The number of carbonyl (C=O) groups is 1. The summed E-state index contributed by atoms with van der Waals surface area (Å²) in [6.45, 7) is 3.60. The van der Waals surface area contributed by atoms with Gasteiger partial charge in [0.1, 0.15) is 5.54 Å². The van der Waals surface area contributed by atoms with Crippen molar-refractivity contribution < 1.29 is 18.0 Å². The van der Waals surface area contributed by atoms with Gasteiger partial charge in [0.25, 0.3) is 0 Å². The lowest BCUT2D eigenvalue weighted by molar-refractivity contribution is -0.171. The van der Waals surface area contributed by atoms with Crippen molar-refractivity contribution in [3.63, 3.8) is 0 Å². The standard InChI is InChI=1S/C10H17F3N2O/c1-6(2)7(5-14)8(16)15-9(3-4-9)10(11,12)13/h6-7H,3-5,14H2,1-2H3,(H,15,16). The molecule has 1 aliphatic rings. The molecular formula is C10H17F3N2O. The zero-order valence-electron chi connectivity index (χ0n) is 9.40. The van der Waals surface area contributed by atoms with Crippen molar-refractivity contribution in [3.8, 4) is 0 Å². The van der Waals surface area contributed by atoms with E-state index in [1.807, 2.05) is 0 Å². The number of nitrogens with two attached hydrogens (primary N) is 1. The number of alkyl halides is 3. The molecule has 0 saturated heterocycles. The summed E-state index contributed by atoms with van der Waals surface area (Å²) in [6.07, 6.45) is -4.42. The molecule has 0 heterocycles. The number of hydrogen-bond acceptors (Lipinski definition) is 2. The quantitative estimate of drug-likeness (QED) is 0.778. The third-order valence-electron chi connectivity index (χ3n) is 3.05. The highest BCUT2D eigenvalue weighted by atomic mass is 19.4. The van der Waals surface area contributed by atoms with E-state index in [0.29, 0.717) is 0 Å². The summed E-state index contributed by atoms with van der Waals surface area (Å²) in [5, 5.41) is 2.10. The lowest BCUT2D eigenvalue weighted by atomic mass is 9.94. The first kappa shape index (κ1) is 13.3. The maximum absolute atomic E-state index is 12.6. The molecule has 16 heavy (non-hydrogen) atoms. The third-order valence-corrected chi connectivity index (χ3v) is 3.05. The number of halogens is 3. The Kier molecular flexibility index (Phi) is 3.52. The zero-order valence-corrected chi connectivity index (χ0v) is 9.40. The molecule has 0 radical (unpaired) electrons. The number of rotatable bonds is 4. The van der Waals surface area contributed by atoms with Crippen LogP contribution in [0.4, 0.5) is 13.2 Å². The Labute approximate surface area is 92.6 Å². The van der Waals surface area contributed by atoms with Gasteiger partial charge < -0.3 is 11.1 Å². The van der Waals surface area contributed by atoms with Crippen LogP contribution in [-0.4, -0.2) is 24.2 Å². The predicted molar refractivity (Wildman–Crippen MR) is 53.5 cm³/mol. The van der Waals surface area contributed by atoms with E-state index < -0.39 is 23.5 Å². The average Bonchev–Trinajstić information content (AvgIpc) is 2.84. The molecule has 1 amide bonds. The molecular weight excluding hydrogens is 221 g/mol. The molecule has 94 valence electrons. The van der Waals surface area contributed by atoms with Crippen molar-refractivity contribution in [1.29, 1.82) is 0 Å². The fourth-order valence-corrected chi connectivity index (χ4v) is 1.61. The summed E-state index contributed by atoms with van der Waals surface area (Å²) < 4.78 is 37.7. The summed E-state index contributed by atoms with van der Waals surface area (Å²) in [5.74, 6) is -1.21. The smallest absolute Gasteiger partial charge is 0.342 e. The van der Waals surface area contributed by atoms with Crippen molar-refractivity contribution in [2.45, 2.75) is 38.4 Å². The van der Waals surface area contributed by atoms with Crippen LogP contribution in [0, 0.1) is 11.8 Å². The van der Waals surface area contributed by atoms with Crippen molar-refractivity contribution in [3.05, 3.63) is 0 Å². The van der Waals surface area contributed by atoms with Gasteiger partial charge in [0.05, 0.1) is 5.92 Å². The molecule has 1 atom stereocenters. The fraction of sp³-hybridized carbons (Fsp3) is 0.900. The number of hydrogen-bond donors (Lipinski definition) is 2. The highest BCUT2D eigenvalue weighted by molar-refractivity contribution is 5.80. The number of amides is 1. The Morgan fingerprint density at radius 2 is 1.94 bits per heavy atom. The summed E-state index contributed by atoms with van der Waals surface area (Å²) >= 11 is 0. The first-order valence-electron chi connectivity index (χ1n) is 5.32. The van der Waals surface area contributed by atoms with Crippen molar-refractivity contribution >= 4 is 5.91 Å². The maximum Gasteiger partial charge on any atom is 0.411 e. The van der Waals surface area contributed by atoms with Crippen molar-refractivity contribution in [2.24, 2.45) is 17.6 Å². The first-order chi connectivity index (χ1) is 7.23. The van der Waals surface area contributed by atoms with Gasteiger partial charge in [-0.25, -0.2) is 0 Å². The van der Waals surface area contributed by atoms with Gasteiger partial charge >= 0.3 is 6.18 Å². The minimum Gasteiger partial charge on any atom is -0.342 e. The molecule has 0 aromatic carbocycles. The van der Waals surface area contributed by atoms with Crippen LogP contribution in [0.2, 0.25) is 0 Å².